The van der Waals surface area contributed by atoms with Crippen LogP contribution in [0.25, 0.3) is 10.9 Å². The second-order valence-electron chi connectivity index (χ2n) is 8.69. The van der Waals surface area contributed by atoms with Gasteiger partial charge in [-0.15, -0.1) is 10.2 Å². The molecule has 3 rings (SSSR count). The van der Waals surface area contributed by atoms with Crippen LogP contribution < -0.4 is 5.73 Å². The second-order valence-corrected chi connectivity index (χ2v) is 9.11. The van der Waals surface area contributed by atoms with Gasteiger partial charge in [0.25, 0.3) is 0 Å². The maximum Gasteiger partial charge on any atom is 0.303 e. The van der Waals surface area contributed by atoms with E-state index in [2.05, 4.69) is 10.2 Å². The van der Waals surface area contributed by atoms with E-state index >= 15 is 0 Å². The van der Waals surface area contributed by atoms with Gasteiger partial charge in [-0.1, -0.05) is 12.1 Å². The van der Waals surface area contributed by atoms with E-state index in [4.69, 9.17) is 41.6 Å². The molecule has 1 fully saturated rings. The lowest BCUT2D eigenvalue weighted by molar-refractivity contribution is -0.268. The number of aryl methyl sites for hydroxylation is 1. The molecule has 1 aliphatic heterocycles. The Bertz CT molecular complexity index is 1340. The first kappa shape index (κ1) is 29.4. The first-order valence-electron chi connectivity index (χ1n) is 11.6. The highest BCUT2D eigenvalue weighted by atomic mass is 32.1. The van der Waals surface area contributed by atoms with Crippen molar-refractivity contribution in [2.75, 3.05) is 6.61 Å². The van der Waals surface area contributed by atoms with Gasteiger partial charge in [-0.2, -0.15) is 0 Å². The van der Waals surface area contributed by atoms with Crippen molar-refractivity contribution in [2.45, 2.75) is 65.3 Å². The highest BCUT2D eigenvalue weighted by molar-refractivity contribution is 7.80. The van der Waals surface area contributed by atoms with Crippen LogP contribution in [0.4, 0.5) is 5.69 Å². The monoisotopic (exact) mass is 564 g/mol. The van der Waals surface area contributed by atoms with Gasteiger partial charge in [-0.25, -0.2) is 0 Å². The van der Waals surface area contributed by atoms with E-state index in [1.54, 1.807) is 25.1 Å². The zero-order valence-corrected chi connectivity index (χ0v) is 22.6. The van der Waals surface area contributed by atoms with Crippen LogP contribution in [0.2, 0.25) is 0 Å². The first-order chi connectivity index (χ1) is 18.3. The van der Waals surface area contributed by atoms with Gasteiger partial charge in [0, 0.05) is 33.1 Å². The van der Waals surface area contributed by atoms with Gasteiger partial charge < -0.3 is 34.5 Å². The minimum atomic E-state index is -1.45. The average molecular weight is 565 g/mol. The van der Waals surface area contributed by atoms with Crippen LogP contribution in [-0.2, 0) is 42.9 Å². The Hall–Kier alpha value is -4.11. The Kier molecular flexibility index (Phi) is 9.19. The number of carbonyl (C=O) groups excluding carboxylic acids is 4. The average Bonchev–Trinajstić information content (AvgIpc) is 3.08. The quantitative estimate of drug-likeness (QED) is 0.216. The summed E-state index contributed by atoms with van der Waals surface area (Å²) >= 11 is 4.76. The molecule has 0 saturated carbocycles. The van der Waals surface area contributed by atoms with Gasteiger partial charge in [0.2, 0.25) is 11.0 Å². The van der Waals surface area contributed by atoms with Crippen LogP contribution >= 0.6 is 12.2 Å². The van der Waals surface area contributed by atoms with E-state index in [9.17, 15) is 24.3 Å². The summed E-state index contributed by atoms with van der Waals surface area (Å²) in [6, 6.07) is 5.13. The lowest BCUT2D eigenvalue weighted by Crippen LogP contribution is -2.60. The summed E-state index contributed by atoms with van der Waals surface area (Å²) < 4.78 is 29.0. The van der Waals surface area contributed by atoms with Gasteiger partial charge in [-0.05, 0) is 30.8 Å². The number of thiocarbonyl (C=S) groups is 1. The number of nitrogens with two attached hydrogens (primary N) is 1. The third-order valence-electron chi connectivity index (χ3n) is 5.58. The summed E-state index contributed by atoms with van der Waals surface area (Å²) in [5.74, 6) is -3.47. The summed E-state index contributed by atoms with van der Waals surface area (Å²) in [4.78, 5) is 47.9. The van der Waals surface area contributed by atoms with Gasteiger partial charge in [-0.3, -0.25) is 23.7 Å². The Morgan fingerprint density at radius 3 is 2.15 bits per heavy atom. The van der Waals surface area contributed by atoms with Gasteiger partial charge in [0.05, 0.1) is 5.52 Å². The van der Waals surface area contributed by atoms with E-state index in [0.29, 0.717) is 10.9 Å². The first-order valence-corrected chi connectivity index (χ1v) is 12.1. The predicted molar refractivity (Wildman–Crippen MR) is 137 cm³/mol. The highest BCUT2D eigenvalue weighted by Gasteiger charge is 2.53. The van der Waals surface area contributed by atoms with Crippen LogP contribution in [0.3, 0.4) is 0 Å². The number of nitrogens with zero attached hydrogens (tertiary/aromatic N) is 3. The number of aromatic nitrogens is 1. The van der Waals surface area contributed by atoms with Crippen LogP contribution in [0.5, 0.6) is 5.88 Å². The number of fused-ring (bicyclic) bond motifs is 1. The molecule has 0 bridgehead atoms. The molecule has 39 heavy (non-hydrogen) atoms. The van der Waals surface area contributed by atoms with E-state index in [-0.39, 0.29) is 10.8 Å². The molecular weight excluding hydrogens is 536 g/mol. The Balaban J connectivity index is 2.29. The molecule has 3 N–H and O–H groups in total. The minimum Gasteiger partial charge on any atom is -0.493 e. The second kappa shape index (κ2) is 12.2. The van der Waals surface area contributed by atoms with Gasteiger partial charge >= 0.3 is 23.9 Å². The van der Waals surface area contributed by atoms with Crippen molar-refractivity contribution < 1.29 is 48.0 Å². The number of ether oxygens (including phenoxy) is 5. The summed E-state index contributed by atoms with van der Waals surface area (Å²) in [6.45, 7) is 5.89. The smallest absolute Gasteiger partial charge is 0.303 e. The lowest BCUT2D eigenvalue weighted by Gasteiger charge is -2.44. The number of esters is 4. The number of rotatable bonds is 7. The van der Waals surface area contributed by atoms with Crippen LogP contribution in [0.15, 0.2) is 28.4 Å². The lowest BCUT2D eigenvalue weighted by atomic mass is 9.97. The number of benzene rings is 1. The number of hydrogen-bond acceptors (Lipinski definition) is 12. The van der Waals surface area contributed by atoms with E-state index in [1.165, 1.54) is 11.5 Å². The fraction of sp³-hybridized carbons (Fsp3) is 0.458. The molecule has 15 heteroatoms. The van der Waals surface area contributed by atoms with Crippen molar-refractivity contribution in [1.82, 2.24) is 4.57 Å². The third kappa shape index (κ3) is 6.86. The molecule has 1 aromatic carbocycles. The van der Waals surface area contributed by atoms with E-state index in [0.717, 1.165) is 26.3 Å². The van der Waals surface area contributed by atoms with Crippen LogP contribution in [0, 0.1) is 6.92 Å². The van der Waals surface area contributed by atoms with Crippen molar-refractivity contribution in [3.05, 3.63) is 23.8 Å². The van der Waals surface area contributed by atoms with Gasteiger partial charge in [0.1, 0.15) is 12.7 Å². The topological polar surface area (TPSA) is 190 Å². The van der Waals surface area contributed by atoms with Crippen molar-refractivity contribution >= 4 is 57.8 Å². The fourth-order valence-electron chi connectivity index (χ4n) is 4.26. The molecule has 5 atom stereocenters. The molecule has 0 radical (unpaired) electrons. The molecule has 14 nitrogen and oxygen atoms in total. The molecule has 1 aliphatic rings. The van der Waals surface area contributed by atoms with E-state index < -0.39 is 67.0 Å². The molecule has 1 aromatic heterocycles. The molecule has 2 heterocycles. The third-order valence-corrected chi connectivity index (χ3v) is 5.66. The summed E-state index contributed by atoms with van der Waals surface area (Å²) in [7, 11) is 0. The number of aromatic hydroxyl groups is 1. The minimum absolute atomic E-state index is 0.0225. The summed E-state index contributed by atoms with van der Waals surface area (Å²) in [5.41, 5.74) is 6.58. The maximum absolute atomic E-state index is 12.2. The van der Waals surface area contributed by atoms with Crippen LogP contribution in [0.1, 0.15) is 39.5 Å². The zero-order chi connectivity index (χ0) is 29.0. The molecule has 0 amide bonds. The Morgan fingerprint density at radius 2 is 1.59 bits per heavy atom. The summed E-state index contributed by atoms with van der Waals surface area (Å²) in [6.07, 6.45) is -6.86. The fourth-order valence-corrected chi connectivity index (χ4v) is 4.30. The number of azo groups is 1. The highest BCUT2D eigenvalue weighted by Crippen LogP contribution is 2.45. The largest absolute Gasteiger partial charge is 0.493 e. The van der Waals surface area contributed by atoms with Gasteiger partial charge in [0.15, 0.2) is 30.2 Å². The molecule has 1 saturated heterocycles. The molecule has 0 aliphatic carbocycles. The standard InChI is InChI=1S/C24H28N4O10S/c1-10-6-7-15-16(8-10)28(22(33)18(15)26-27-24(25)39)23-21(37-14(5)32)20(36-13(4)31)19(35-12(3)30)17(38-23)9-34-11(2)29/h6-8,17,19-21,23,33H,9H2,1-5H3,(H2,25,39). The van der Waals surface area contributed by atoms with Crippen molar-refractivity contribution in [3.63, 3.8) is 0 Å². The van der Waals surface area contributed by atoms with Crippen molar-refractivity contribution in [3.8, 4) is 5.88 Å². The van der Waals surface area contributed by atoms with Crippen LogP contribution in [-0.4, -0.2) is 69.7 Å². The summed E-state index contributed by atoms with van der Waals surface area (Å²) in [5, 5.41) is 19.1. The molecular formula is C24H28N4O10S. The molecule has 210 valence electrons. The van der Waals surface area contributed by atoms with Crippen molar-refractivity contribution in [2.24, 2.45) is 16.0 Å². The number of hydrogen-bond donors (Lipinski definition) is 2. The predicted octanol–water partition coefficient (Wildman–Crippen LogP) is 2.24. The number of carbonyl (C=O) groups is 4. The Morgan fingerprint density at radius 1 is 1.00 bits per heavy atom. The molecule has 5 unspecified atom stereocenters. The molecule has 2 aromatic rings. The molecule has 0 spiro atoms. The van der Waals surface area contributed by atoms with Crippen molar-refractivity contribution in [1.29, 1.82) is 0 Å². The maximum atomic E-state index is 12.2. The normalized spacial score (nSPS) is 22.8. The zero-order valence-electron chi connectivity index (χ0n) is 21.8. The van der Waals surface area contributed by atoms with E-state index in [1.807, 2.05) is 0 Å². The Labute approximate surface area is 228 Å². The SMILES string of the molecule is CC(=O)OCC1OC(n2c(O)c(N=NC(N)=S)c3ccc(C)cc32)C(OC(C)=O)C(OC(C)=O)C1OC(C)=O.